The molecule has 4 nitrogen and oxygen atoms in total. The molecule has 2 saturated heterocycles. The number of nitrogens with two attached hydrogens (primary N) is 1. The Balaban J connectivity index is 1.82. The summed E-state index contributed by atoms with van der Waals surface area (Å²) < 4.78 is 1.97. The van der Waals surface area contributed by atoms with Gasteiger partial charge in [-0.1, -0.05) is 20.8 Å². The second kappa shape index (κ2) is 4.85. The van der Waals surface area contributed by atoms with Crippen molar-refractivity contribution in [2.45, 2.75) is 76.5 Å². The summed E-state index contributed by atoms with van der Waals surface area (Å²) in [6, 6.07) is 1.80. The maximum Gasteiger partial charge on any atom is 0.0722 e. The number of nitrogens with zero attached hydrogens (tertiary/aromatic N) is 3. The summed E-state index contributed by atoms with van der Waals surface area (Å²) >= 11 is 0. The van der Waals surface area contributed by atoms with Gasteiger partial charge < -0.3 is 5.73 Å². The van der Waals surface area contributed by atoms with E-state index < -0.39 is 0 Å². The molecule has 2 fully saturated rings. The molecule has 2 N–H and O–H groups in total. The summed E-state index contributed by atoms with van der Waals surface area (Å²) in [5.74, 6) is 0. The van der Waals surface area contributed by atoms with Gasteiger partial charge in [0.15, 0.2) is 0 Å². The van der Waals surface area contributed by atoms with Gasteiger partial charge in [0.1, 0.15) is 0 Å². The molecule has 1 aromatic rings. The van der Waals surface area contributed by atoms with E-state index in [9.17, 15) is 0 Å². The summed E-state index contributed by atoms with van der Waals surface area (Å²) in [6.45, 7) is 7.79. The minimum absolute atomic E-state index is 0.113. The normalized spacial score (nSPS) is 30.9. The maximum atomic E-state index is 6.17. The lowest BCUT2D eigenvalue weighted by atomic mass is 9.89. The van der Waals surface area contributed by atoms with Gasteiger partial charge in [0.2, 0.25) is 0 Å². The van der Waals surface area contributed by atoms with Gasteiger partial charge in [0, 0.05) is 48.9 Å². The summed E-state index contributed by atoms with van der Waals surface area (Å²) in [5, 5.41) is 4.70. The van der Waals surface area contributed by atoms with Crippen LogP contribution in [0.1, 0.15) is 57.7 Å². The highest BCUT2D eigenvalue weighted by Gasteiger charge is 2.40. The zero-order chi connectivity index (χ0) is 14.5. The fraction of sp³-hybridized carbons (Fsp3) is 0.812. The third-order valence-corrected chi connectivity index (χ3v) is 4.89. The van der Waals surface area contributed by atoms with Crippen LogP contribution in [-0.2, 0) is 19.0 Å². The number of piperidine rings is 1. The highest BCUT2D eigenvalue weighted by atomic mass is 15.3. The van der Waals surface area contributed by atoms with Gasteiger partial charge in [0.05, 0.1) is 5.69 Å². The van der Waals surface area contributed by atoms with Crippen LogP contribution in [0.25, 0.3) is 0 Å². The molecule has 2 aliphatic heterocycles. The Bertz CT molecular complexity index is 471. The second-order valence-corrected chi connectivity index (χ2v) is 7.72. The summed E-state index contributed by atoms with van der Waals surface area (Å²) in [5.41, 5.74) is 8.92. The summed E-state index contributed by atoms with van der Waals surface area (Å²) in [6.07, 6.45) is 7.19. The Kier molecular flexibility index (Phi) is 3.41. The molecular formula is C16H28N4. The van der Waals surface area contributed by atoms with E-state index in [2.05, 4.69) is 31.9 Å². The largest absolute Gasteiger partial charge is 0.328 e. The number of aromatic nitrogens is 2. The molecule has 0 amide bonds. The van der Waals surface area contributed by atoms with Crippen LogP contribution in [0.15, 0.2) is 6.20 Å². The van der Waals surface area contributed by atoms with Crippen LogP contribution in [0.3, 0.4) is 0 Å². The molecule has 4 heteroatoms. The molecule has 2 aliphatic rings. The fourth-order valence-electron chi connectivity index (χ4n) is 4.06. The Morgan fingerprint density at radius 2 is 1.85 bits per heavy atom. The van der Waals surface area contributed by atoms with Crippen LogP contribution in [0.2, 0.25) is 0 Å². The number of rotatable bonds is 2. The monoisotopic (exact) mass is 276 g/mol. The lowest BCUT2D eigenvalue weighted by molar-refractivity contribution is 0.119. The van der Waals surface area contributed by atoms with E-state index in [1.807, 2.05) is 11.7 Å². The zero-order valence-corrected chi connectivity index (χ0v) is 13.3. The van der Waals surface area contributed by atoms with E-state index in [0.29, 0.717) is 18.1 Å². The Morgan fingerprint density at radius 1 is 1.25 bits per heavy atom. The highest BCUT2D eigenvalue weighted by Crippen LogP contribution is 2.37. The minimum atomic E-state index is 0.113. The van der Waals surface area contributed by atoms with Gasteiger partial charge >= 0.3 is 0 Å². The van der Waals surface area contributed by atoms with E-state index >= 15 is 0 Å². The fourth-order valence-corrected chi connectivity index (χ4v) is 4.06. The Labute approximate surface area is 122 Å². The number of fused-ring (bicyclic) bond motifs is 2. The van der Waals surface area contributed by atoms with Crippen LogP contribution in [-0.4, -0.2) is 32.8 Å². The first kappa shape index (κ1) is 14.1. The van der Waals surface area contributed by atoms with Gasteiger partial charge in [-0.25, -0.2) is 0 Å². The zero-order valence-electron chi connectivity index (χ0n) is 13.3. The molecule has 1 aromatic heterocycles. The first-order chi connectivity index (χ1) is 9.34. The average Bonchev–Trinajstić information content (AvgIpc) is 2.79. The van der Waals surface area contributed by atoms with E-state index in [1.165, 1.54) is 36.9 Å². The van der Waals surface area contributed by atoms with Crippen molar-refractivity contribution in [1.82, 2.24) is 14.7 Å². The maximum absolute atomic E-state index is 6.17. The van der Waals surface area contributed by atoms with Crippen LogP contribution in [0.4, 0.5) is 0 Å². The van der Waals surface area contributed by atoms with Crippen molar-refractivity contribution in [3.8, 4) is 0 Å². The lowest BCUT2D eigenvalue weighted by Gasteiger charge is -2.38. The Hall–Kier alpha value is -0.870. The summed E-state index contributed by atoms with van der Waals surface area (Å²) in [7, 11) is 2.03. The van der Waals surface area contributed by atoms with E-state index in [4.69, 9.17) is 10.8 Å². The topological polar surface area (TPSA) is 47.1 Å². The summed E-state index contributed by atoms with van der Waals surface area (Å²) in [4.78, 5) is 2.69. The van der Waals surface area contributed by atoms with Crippen LogP contribution >= 0.6 is 0 Å². The third-order valence-electron chi connectivity index (χ3n) is 4.89. The van der Waals surface area contributed by atoms with Crippen molar-refractivity contribution >= 4 is 0 Å². The van der Waals surface area contributed by atoms with Gasteiger partial charge in [0.25, 0.3) is 0 Å². The molecule has 3 rings (SSSR count). The van der Waals surface area contributed by atoms with Crippen LogP contribution < -0.4 is 5.73 Å². The van der Waals surface area contributed by atoms with Crippen molar-refractivity contribution in [3.63, 3.8) is 0 Å². The SMILES string of the molecule is Cn1cc(CN2C3CCC2CC(N)C3)c(C(C)(C)C)n1. The van der Waals surface area contributed by atoms with Crippen molar-refractivity contribution in [2.75, 3.05) is 0 Å². The molecule has 3 heterocycles. The first-order valence-corrected chi connectivity index (χ1v) is 7.89. The van der Waals surface area contributed by atoms with Crippen LogP contribution in [0.5, 0.6) is 0 Å². The number of hydrogen-bond acceptors (Lipinski definition) is 3. The smallest absolute Gasteiger partial charge is 0.0722 e. The van der Waals surface area contributed by atoms with Gasteiger partial charge in [-0.2, -0.15) is 5.10 Å². The molecule has 2 bridgehead atoms. The molecule has 0 aromatic carbocycles. The number of hydrogen-bond donors (Lipinski definition) is 1. The van der Waals surface area contributed by atoms with Gasteiger partial charge in [-0.15, -0.1) is 0 Å². The van der Waals surface area contributed by atoms with E-state index in [1.54, 1.807) is 0 Å². The molecule has 0 spiro atoms. The molecular weight excluding hydrogens is 248 g/mol. The number of aryl methyl sites for hydroxylation is 1. The lowest BCUT2D eigenvalue weighted by Crippen LogP contribution is -2.47. The van der Waals surface area contributed by atoms with E-state index in [-0.39, 0.29) is 5.41 Å². The predicted molar refractivity (Wildman–Crippen MR) is 81.5 cm³/mol. The van der Waals surface area contributed by atoms with Crippen molar-refractivity contribution in [3.05, 3.63) is 17.5 Å². The average molecular weight is 276 g/mol. The quantitative estimate of drug-likeness (QED) is 0.900. The molecule has 112 valence electrons. The van der Waals surface area contributed by atoms with Crippen LogP contribution in [0, 0.1) is 0 Å². The standard InChI is InChI=1S/C16H28N4/c1-16(2,3)15-11(9-19(4)18-15)10-20-13-5-6-14(20)8-12(17)7-13/h9,12-14H,5-8,10,17H2,1-4H3. The molecule has 20 heavy (non-hydrogen) atoms. The third kappa shape index (κ3) is 2.51. The highest BCUT2D eigenvalue weighted by molar-refractivity contribution is 5.24. The molecule has 0 saturated carbocycles. The first-order valence-electron chi connectivity index (χ1n) is 7.89. The van der Waals surface area contributed by atoms with Gasteiger partial charge in [-0.05, 0) is 25.7 Å². The molecule has 2 atom stereocenters. The van der Waals surface area contributed by atoms with Crippen molar-refractivity contribution < 1.29 is 0 Å². The van der Waals surface area contributed by atoms with Crippen molar-refractivity contribution in [2.24, 2.45) is 12.8 Å². The molecule has 2 unspecified atom stereocenters. The predicted octanol–water partition coefficient (Wildman–Crippen LogP) is 2.17. The van der Waals surface area contributed by atoms with Crippen molar-refractivity contribution in [1.29, 1.82) is 0 Å². The van der Waals surface area contributed by atoms with Gasteiger partial charge in [-0.3, -0.25) is 9.58 Å². The molecule has 0 aliphatic carbocycles. The minimum Gasteiger partial charge on any atom is -0.328 e. The van der Waals surface area contributed by atoms with E-state index in [0.717, 1.165) is 6.54 Å². The molecule has 0 radical (unpaired) electrons. The second-order valence-electron chi connectivity index (χ2n) is 7.72. The Morgan fingerprint density at radius 3 is 2.40 bits per heavy atom.